The third-order valence-corrected chi connectivity index (χ3v) is 6.16. The average Bonchev–Trinajstić information content (AvgIpc) is 2.75. The monoisotopic (exact) mass is 404 g/mol. The Morgan fingerprint density at radius 3 is 2.66 bits per heavy atom. The number of amides is 2. The van der Waals surface area contributed by atoms with Gasteiger partial charge in [0.2, 0.25) is 0 Å². The molecule has 2 aliphatic rings. The van der Waals surface area contributed by atoms with Gasteiger partial charge in [0.15, 0.2) is 18.1 Å². The zero-order valence-corrected chi connectivity index (χ0v) is 17.6. The highest BCUT2D eigenvalue weighted by Crippen LogP contribution is 2.31. The van der Waals surface area contributed by atoms with Gasteiger partial charge >= 0.3 is 0 Å². The highest BCUT2D eigenvalue weighted by atomic mass is 16.5. The summed E-state index contributed by atoms with van der Waals surface area (Å²) >= 11 is 0. The molecular formula is C22H32N2O5. The number of nitrogens with one attached hydrogen (secondary N) is 1. The van der Waals surface area contributed by atoms with Crippen molar-refractivity contribution in [3.8, 4) is 11.5 Å². The molecule has 1 aliphatic heterocycles. The standard InChI is InChI=1S/C22H32N2O5/c1-15-5-4-6-18(16(15)2)23-22(26)17-7-8-19(20(13-17)27-3)29-14-21(25)24-9-11-28-12-10-24/h7-8,13,15-16,18H,4-6,9-12,14H2,1-3H3,(H,23,26)/t15-,16-,18-/m1/s1. The van der Waals surface area contributed by atoms with E-state index < -0.39 is 0 Å². The Bertz CT molecular complexity index is 717. The fourth-order valence-corrected chi connectivity index (χ4v) is 4.01. The molecule has 1 saturated heterocycles. The van der Waals surface area contributed by atoms with Crippen LogP contribution in [0, 0.1) is 11.8 Å². The van der Waals surface area contributed by atoms with E-state index in [1.807, 2.05) is 0 Å². The first-order valence-corrected chi connectivity index (χ1v) is 10.5. The second-order valence-electron chi connectivity index (χ2n) is 7.99. The maximum atomic E-state index is 12.7. The summed E-state index contributed by atoms with van der Waals surface area (Å²) in [5.74, 6) is 1.78. The molecule has 1 heterocycles. The van der Waals surface area contributed by atoms with Crippen LogP contribution in [0.3, 0.4) is 0 Å². The molecule has 1 saturated carbocycles. The first-order chi connectivity index (χ1) is 14.0. The molecule has 1 N–H and O–H groups in total. The Hall–Kier alpha value is -2.28. The minimum absolute atomic E-state index is 0.0701. The molecule has 0 spiro atoms. The Morgan fingerprint density at radius 1 is 1.17 bits per heavy atom. The van der Waals surface area contributed by atoms with E-state index in [-0.39, 0.29) is 24.5 Å². The summed E-state index contributed by atoms with van der Waals surface area (Å²) < 4.78 is 16.3. The lowest BCUT2D eigenvalue weighted by molar-refractivity contribution is -0.137. The molecule has 3 rings (SSSR count). The first kappa shape index (κ1) is 21.4. The van der Waals surface area contributed by atoms with Crippen LogP contribution in [-0.4, -0.2) is 62.8 Å². The summed E-state index contributed by atoms with van der Waals surface area (Å²) in [6, 6.07) is 5.26. The Labute approximate surface area is 172 Å². The fourth-order valence-electron chi connectivity index (χ4n) is 4.01. The smallest absolute Gasteiger partial charge is 0.260 e. The SMILES string of the molecule is COc1cc(C(=O)N[C@@H]2CCC[C@@H](C)[C@H]2C)ccc1OCC(=O)N1CCOCC1. The van der Waals surface area contributed by atoms with Gasteiger partial charge in [0, 0.05) is 24.7 Å². The van der Waals surface area contributed by atoms with Gasteiger partial charge in [0.25, 0.3) is 11.8 Å². The molecule has 3 atom stereocenters. The number of ether oxygens (including phenoxy) is 3. The molecule has 2 amide bonds. The van der Waals surface area contributed by atoms with Crippen molar-refractivity contribution in [3.63, 3.8) is 0 Å². The number of carbonyl (C=O) groups is 2. The van der Waals surface area contributed by atoms with Crippen LogP contribution >= 0.6 is 0 Å². The normalized spacial score (nSPS) is 24.7. The predicted molar refractivity (Wildman–Crippen MR) is 109 cm³/mol. The minimum atomic E-state index is -0.106. The summed E-state index contributed by atoms with van der Waals surface area (Å²) in [6.07, 6.45) is 3.37. The van der Waals surface area contributed by atoms with Gasteiger partial charge in [-0.15, -0.1) is 0 Å². The van der Waals surface area contributed by atoms with Gasteiger partial charge in [-0.3, -0.25) is 9.59 Å². The number of benzene rings is 1. The van der Waals surface area contributed by atoms with Crippen molar-refractivity contribution in [2.45, 2.75) is 39.2 Å². The Kier molecular flexibility index (Phi) is 7.36. The number of carbonyl (C=O) groups excluding carboxylic acids is 2. The van der Waals surface area contributed by atoms with E-state index in [0.717, 1.165) is 12.8 Å². The zero-order valence-electron chi connectivity index (χ0n) is 17.6. The largest absolute Gasteiger partial charge is 0.493 e. The molecule has 7 heteroatoms. The summed E-state index contributed by atoms with van der Waals surface area (Å²) in [6.45, 7) is 6.65. The third-order valence-electron chi connectivity index (χ3n) is 6.16. The molecule has 0 unspecified atom stereocenters. The quantitative estimate of drug-likeness (QED) is 0.788. The van der Waals surface area contributed by atoms with Crippen LogP contribution in [0.4, 0.5) is 0 Å². The predicted octanol–water partition coefficient (Wildman–Crippen LogP) is 2.49. The first-order valence-electron chi connectivity index (χ1n) is 10.5. The highest BCUT2D eigenvalue weighted by Gasteiger charge is 2.28. The number of methoxy groups -OCH3 is 1. The van der Waals surface area contributed by atoms with Crippen LogP contribution in [0.2, 0.25) is 0 Å². The van der Waals surface area contributed by atoms with Crippen molar-refractivity contribution in [2.24, 2.45) is 11.8 Å². The summed E-state index contributed by atoms with van der Waals surface area (Å²) in [5.41, 5.74) is 0.527. The lowest BCUT2D eigenvalue weighted by Crippen LogP contribution is -2.43. The van der Waals surface area contributed by atoms with Gasteiger partial charge in [-0.2, -0.15) is 0 Å². The van der Waals surface area contributed by atoms with Gasteiger partial charge in [0.1, 0.15) is 0 Å². The topological polar surface area (TPSA) is 77.1 Å². The molecule has 0 bridgehead atoms. The van der Waals surface area contributed by atoms with Gasteiger partial charge < -0.3 is 24.4 Å². The molecule has 2 fully saturated rings. The molecule has 0 aromatic heterocycles. The molecule has 0 radical (unpaired) electrons. The lowest BCUT2D eigenvalue weighted by atomic mass is 9.78. The molecular weight excluding hydrogens is 372 g/mol. The molecule has 7 nitrogen and oxygen atoms in total. The van der Waals surface area contributed by atoms with Crippen LogP contribution in [0.1, 0.15) is 43.5 Å². The number of hydrogen-bond donors (Lipinski definition) is 1. The summed E-state index contributed by atoms with van der Waals surface area (Å²) in [4.78, 5) is 26.7. The van der Waals surface area contributed by atoms with Crippen molar-refractivity contribution in [2.75, 3.05) is 40.0 Å². The highest BCUT2D eigenvalue weighted by molar-refractivity contribution is 5.95. The Balaban J connectivity index is 1.60. The minimum Gasteiger partial charge on any atom is -0.493 e. The van der Waals surface area contributed by atoms with E-state index in [2.05, 4.69) is 19.2 Å². The number of nitrogens with zero attached hydrogens (tertiary/aromatic N) is 1. The van der Waals surface area contributed by atoms with Gasteiger partial charge in [0.05, 0.1) is 20.3 Å². The molecule has 29 heavy (non-hydrogen) atoms. The fraction of sp³-hybridized carbons (Fsp3) is 0.636. The molecule has 160 valence electrons. The summed E-state index contributed by atoms with van der Waals surface area (Å²) in [7, 11) is 1.53. The van der Waals surface area contributed by atoms with Crippen LogP contribution in [0.5, 0.6) is 11.5 Å². The van der Waals surface area contributed by atoms with Gasteiger partial charge in [-0.25, -0.2) is 0 Å². The van der Waals surface area contributed by atoms with Crippen molar-refractivity contribution >= 4 is 11.8 Å². The number of rotatable bonds is 6. The molecule has 1 aliphatic carbocycles. The lowest BCUT2D eigenvalue weighted by Gasteiger charge is -2.34. The van der Waals surface area contributed by atoms with E-state index in [0.29, 0.717) is 55.2 Å². The second kappa shape index (κ2) is 9.96. The van der Waals surface area contributed by atoms with Crippen molar-refractivity contribution in [3.05, 3.63) is 23.8 Å². The van der Waals surface area contributed by atoms with E-state index >= 15 is 0 Å². The summed E-state index contributed by atoms with van der Waals surface area (Å²) in [5, 5.41) is 3.17. The molecule has 1 aromatic rings. The van der Waals surface area contributed by atoms with Crippen LogP contribution < -0.4 is 14.8 Å². The number of morpholine rings is 1. The van der Waals surface area contributed by atoms with Crippen molar-refractivity contribution < 1.29 is 23.8 Å². The third kappa shape index (κ3) is 5.41. The van der Waals surface area contributed by atoms with E-state index in [1.165, 1.54) is 13.5 Å². The molecule has 1 aromatic carbocycles. The number of hydrogen-bond acceptors (Lipinski definition) is 5. The maximum Gasteiger partial charge on any atom is 0.260 e. The van der Waals surface area contributed by atoms with Crippen LogP contribution in [0.25, 0.3) is 0 Å². The second-order valence-corrected chi connectivity index (χ2v) is 7.99. The van der Waals surface area contributed by atoms with Gasteiger partial charge in [-0.1, -0.05) is 26.7 Å². The maximum absolute atomic E-state index is 12.7. The van der Waals surface area contributed by atoms with E-state index in [1.54, 1.807) is 23.1 Å². The zero-order chi connectivity index (χ0) is 20.8. The Morgan fingerprint density at radius 2 is 1.93 bits per heavy atom. The van der Waals surface area contributed by atoms with Crippen molar-refractivity contribution in [1.82, 2.24) is 10.2 Å². The average molecular weight is 405 g/mol. The van der Waals surface area contributed by atoms with Crippen LogP contribution in [0.15, 0.2) is 18.2 Å². The van der Waals surface area contributed by atoms with Gasteiger partial charge in [-0.05, 0) is 36.5 Å². The van der Waals surface area contributed by atoms with Crippen LogP contribution in [-0.2, 0) is 9.53 Å². The van der Waals surface area contributed by atoms with E-state index in [9.17, 15) is 9.59 Å². The van der Waals surface area contributed by atoms with E-state index in [4.69, 9.17) is 14.2 Å². The van der Waals surface area contributed by atoms with Crippen molar-refractivity contribution in [1.29, 1.82) is 0 Å².